The van der Waals surface area contributed by atoms with E-state index >= 15 is 0 Å². The average molecular weight is 384 g/mol. The van der Waals surface area contributed by atoms with Gasteiger partial charge in [0.05, 0.1) is 11.3 Å². The summed E-state index contributed by atoms with van der Waals surface area (Å²) in [6, 6.07) is 22.4. The highest BCUT2D eigenvalue weighted by Crippen LogP contribution is 2.16. The van der Waals surface area contributed by atoms with Crippen LogP contribution in [0.4, 0.5) is 0 Å². The Labute approximate surface area is 168 Å². The summed E-state index contributed by atoms with van der Waals surface area (Å²) in [6.07, 6.45) is 2.31. The lowest BCUT2D eigenvalue weighted by atomic mass is 10.00. The fourth-order valence-corrected chi connectivity index (χ4v) is 3.29. The Morgan fingerprint density at radius 2 is 1.76 bits per heavy atom. The summed E-state index contributed by atoms with van der Waals surface area (Å²) in [6.45, 7) is 1.83. The van der Waals surface area contributed by atoms with E-state index in [9.17, 15) is 9.59 Å². The number of ether oxygens (including phenoxy) is 1. The highest BCUT2D eigenvalue weighted by atomic mass is 16.5. The third kappa shape index (κ3) is 4.09. The van der Waals surface area contributed by atoms with Gasteiger partial charge in [-0.2, -0.15) is 0 Å². The molecule has 2 aromatic carbocycles. The van der Waals surface area contributed by atoms with Gasteiger partial charge in [0.25, 0.3) is 5.56 Å². The molecule has 0 fully saturated rings. The lowest BCUT2D eigenvalue weighted by Gasteiger charge is -2.10. The van der Waals surface area contributed by atoms with E-state index in [4.69, 9.17) is 4.74 Å². The van der Waals surface area contributed by atoms with Crippen LogP contribution in [0.25, 0.3) is 5.65 Å². The number of carbonyl (C=O) groups excluding carboxylic acids is 1. The molecule has 0 amide bonds. The third-order valence-electron chi connectivity index (χ3n) is 4.77. The standard InChI is InChI=1S/C24H20N2O3/c1-17-8-7-13-26-22(27)15-20(25-23(17)26)16-29-24(28)21-12-6-5-11-19(21)14-18-9-3-2-4-10-18/h2-13,15H,14,16H2,1H3. The van der Waals surface area contributed by atoms with Crippen molar-refractivity contribution in [2.24, 2.45) is 0 Å². The van der Waals surface area contributed by atoms with Crippen molar-refractivity contribution in [3.05, 3.63) is 117 Å². The Bertz CT molecular complexity index is 1230. The van der Waals surface area contributed by atoms with Crippen molar-refractivity contribution < 1.29 is 9.53 Å². The average Bonchev–Trinajstić information content (AvgIpc) is 2.74. The largest absolute Gasteiger partial charge is 0.456 e. The molecule has 2 aromatic heterocycles. The molecule has 5 heteroatoms. The van der Waals surface area contributed by atoms with Crippen LogP contribution in [0.15, 0.2) is 83.8 Å². The first-order valence-electron chi connectivity index (χ1n) is 9.39. The fraction of sp³-hybridized carbons (Fsp3) is 0.125. The van der Waals surface area contributed by atoms with Crippen molar-refractivity contribution >= 4 is 11.6 Å². The van der Waals surface area contributed by atoms with Gasteiger partial charge in [-0.25, -0.2) is 9.78 Å². The van der Waals surface area contributed by atoms with E-state index in [0.29, 0.717) is 23.3 Å². The molecule has 144 valence electrons. The molecule has 5 nitrogen and oxygen atoms in total. The van der Waals surface area contributed by atoms with Crippen LogP contribution >= 0.6 is 0 Å². The van der Waals surface area contributed by atoms with Gasteiger partial charge in [0.2, 0.25) is 0 Å². The van der Waals surface area contributed by atoms with Crippen LogP contribution in [0, 0.1) is 6.92 Å². The zero-order chi connectivity index (χ0) is 20.2. The highest BCUT2D eigenvalue weighted by Gasteiger charge is 2.14. The molecule has 0 aliphatic carbocycles. The number of nitrogens with zero attached hydrogens (tertiary/aromatic N) is 2. The van der Waals surface area contributed by atoms with Gasteiger partial charge in [0.15, 0.2) is 0 Å². The van der Waals surface area contributed by atoms with E-state index in [-0.39, 0.29) is 12.2 Å². The number of aryl methyl sites for hydroxylation is 1. The third-order valence-corrected chi connectivity index (χ3v) is 4.77. The molecule has 0 aliphatic heterocycles. The number of aromatic nitrogens is 2. The van der Waals surface area contributed by atoms with Gasteiger partial charge in [0, 0.05) is 12.3 Å². The van der Waals surface area contributed by atoms with Crippen molar-refractivity contribution in [2.45, 2.75) is 20.0 Å². The lowest BCUT2D eigenvalue weighted by molar-refractivity contribution is 0.0466. The maximum Gasteiger partial charge on any atom is 0.338 e. The summed E-state index contributed by atoms with van der Waals surface area (Å²) in [7, 11) is 0. The Balaban J connectivity index is 1.54. The van der Waals surface area contributed by atoms with E-state index < -0.39 is 5.97 Å². The summed E-state index contributed by atoms with van der Waals surface area (Å²) in [4.78, 5) is 29.5. The van der Waals surface area contributed by atoms with Crippen LogP contribution in [0.3, 0.4) is 0 Å². The lowest BCUT2D eigenvalue weighted by Crippen LogP contribution is -2.17. The number of hydrogen-bond donors (Lipinski definition) is 0. The van der Waals surface area contributed by atoms with Crippen molar-refractivity contribution in [3.63, 3.8) is 0 Å². The Kier molecular flexibility index (Phi) is 5.20. The first kappa shape index (κ1) is 18.6. The topological polar surface area (TPSA) is 60.7 Å². The van der Waals surface area contributed by atoms with Crippen LogP contribution in [-0.4, -0.2) is 15.4 Å². The molecule has 0 aliphatic rings. The SMILES string of the molecule is Cc1cccn2c(=O)cc(COC(=O)c3ccccc3Cc3ccccc3)nc12. The van der Waals surface area contributed by atoms with E-state index in [1.54, 1.807) is 18.3 Å². The van der Waals surface area contributed by atoms with Crippen molar-refractivity contribution in [3.8, 4) is 0 Å². The predicted molar refractivity (Wildman–Crippen MR) is 111 cm³/mol. The maximum absolute atomic E-state index is 12.7. The zero-order valence-electron chi connectivity index (χ0n) is 16.0. The molecule has 0 saturated carbocycles. The minimum atomic E-state index is -0.427. The first-order valence-corrected chi connectivity index (χ1v) is 9.39. The summed E-state index contributed by atoms with van der Waals surface area (Å²) < 4.78 is 6.97. The summed E-state index contributed by atoms with van der Waals surface area (Å²) in [5.74, 6) is -0.427. The molecule has 4 aromatic rings. The molecule has 0 unspecified atom stereocenters. The molecule has 0 spiro atoms. The number of pyridine rings is 1. The Hall–Kier alpha value is -3.73. The van der Waals surface area contributed by atoms with E-state index in [2.05, 4.69) is 4.98 Å². The molecular weight excluding hydrogens is 364 g/mol. The summed E-state index contributed by atoms with van der Waals surface area (Å²) >= 11 is 0. The number of esters is 1. The Morgan fingerprint density at radius 3 is 2.59 bits per heavy atom. The van der Waals surface area contributed by atoms with Crippen LogP contribution in [0.1, 0.15) is 32.7 Å². The number of benzene rings is 2. The molecule has 0 saturated heterocycles. The van der Waals surface area contributed by atoms with Gasteiger partial charge in [-0.15, -0.1) is 0 Å². The number of fused-ring (bicyclic) bond motifs is 1. The summed E-state index contributed by atoms with van der Waals surface area (Å²) in [5.41, 5.74) is 4.21. The van der Waals surface area contributed by atoms with Crippen LogP contribution in [0.2, 0.25) is 0 Å². The van der Waals surface area contributed by atoms with Gasteiger partial charge in [-0.1, -0.05) is 54.6 Å². The Morgan fingerprint density at radius 1 is 1.00 bits per heavy atom. The zero-order valence-corrected chi connectivity index (χ0v) is 16.0. The van der Waals surface area contributed by atoms with Gasteiger partial charge in [0.1, 0.15) is 12.3 Å². The van der Waals surface area contributed by atoms with Crippen molar-refractivity contribution in [2.75, 3.05) is 0 Å². The van der Waals surface area contributed by atoms with E-state index in [1.807, 2.05) is 61.5 Å². The van der Waals surface area contributed by atoms with Crippen LogP contribution < -0.4 is 5.56 Å². The van der Waals surface area contributed by atoms with Gasteiger partial charge < -0.3 is 4.74 Å². The summed E-state index contributed by atoms with van der Waals surface area (Å²) in [5, 5.41) is 0. The molecule has 29 heavy (non-hydrogen) atoms. The minimum absolute atomic E-state index is 0.0570. The maximum atomic E-state index is 12.7. The first-order chi connectivity index (χ1) is 14.1. The number of rotatable bonds is 5. The molecule has 2 heterocycles. The molecule has 0 radical (unpaired) electrons. The number of carbonyl (C=O) groups is 1. The molecule has 4 rings (SSSR count). The molecular formula is C24H20N2O3. The second-order valence-electron chi connectivity index (χ2n) is 6.87. The van der Waals surface area contributed by atoms with Crippen molar-refractivity contribution in [1.29, 1.82) is 0 Å². The van der Waals surface area contributed by atoms with Gasteiger partial charge in [-0.3, -0.25) is 9.20 Å². The van der Waals surface area contributed by atoms with Crippen molar-refractivity contribution in [1.82, 2.24) is 9.38 Å². The van der Waals surface area contributed by atoms with E-state index in [0.717, 1.165) is 16.7 Å². The van der Waals surface area contributed by atoms with Gasteiger partial charge in [-0.05, 0) is 42.2 Å². The number of hydrogen-bond acceptors (Lipinski definition) is 4. The quantitative estimate of drug-likeness (QED) is 0.489. The van der Waals surface area contributed by atoms with Gasteiger partial charge >= 0.3 is 5.97 Å². The minimum Gasteiger partial charge on any atom is -0.456 e. The predicted octanol–water partition coefficient (Wildman–Crippen LogP) is 3.95. The fourth-order valence-electron chi connectivity index (χ4n) is 3.29. The normalized spacial score (nSPS) is 10.8. The molecule has 0 atom stereocenters. The second-order valence-corrected chi connectivity index (χ2v) is 6.87. The van der Waals surface area contributed by atoms with E-state index in [1.165, 1.54) is 10.5 Å². The van der Waals surface area contributed by atoms with Crippen LogP contribution in [-0.2, 0) is 17.8 Å². The molecule has 0 N–H and O–H groups in total. The smallest absolute Gasteiger partial charge is 0.338 e. The molecule has 0 bridgehead atoms. The highest BCUT2D eigenvalue weighted by molar-refractivity contribution is 5.91. The second kappa shape index (κ2) is 8.10. The van der Waals surface area contributed by atoms with Crippen LogP contribution in [0.5, 0.6) is 0 Å². The monoisotopic (exact) mass is 384 g/mol.